The van der Waals surface area contributed by atoms with Crippen molar-refractivity contribution < 1.29 is 47.2 Å². The fourth-order valence-corrected chi connectivity index (χ4v) is 4.59. The van der Waals surface area contributed by atoms with Crippen molar-refractivity contribution in [1.82, 2.24) is 9.88 Å². The smallest absolute Gasteiger partial charge is 0.0543 e. The van der Waals surface area contributed by atoms with Crippen molar-refractivity contribution in [2.24, 2.45) is 0 Å². The molecule has 197 valence electrons. The number of anilines is 2. The molecule has 0 aliphatic carbocycles. The minimum atomic E-state index is 0. The molecule has 3 aromatic rings. The summed E-state index contributed by atoms with van der Waals surface area (Å²) in [7, 11) is 0. The summed E-state index contributed by atoms with van der Waals surface area (Å²) in [6, 6.07) is 15.1. The van der Waals surface area contributed by atoms with E-state index in [1.165, 1.54) is 44.8 Å². The predicted molar refractivity (Wildman–Crippen MR) is 138 cm³/mol. The molecular weight excluding hydrogens is 660 g/mol. The molecule has 0 amide bonds. The zero-order chi connectivity index (χ0) is 23.1. The van der Waals surface area contributed by atoms with E-state index in [0.717, 1.165) is 38.4 Å². The summed E-state index contributed by atoms with van der Waals surface area (Å²) in [6.45, 7) is 17.6. The number of aromatic nitrogens is 1. The molecule has 7 heteroatoms. The molecule has 0 aliphatic rings. The number of pyridine rings is 1. The van der Waals surface area contributed by atoms with Crippen LogP contribution in [0, 0.1) is 41.5 Å². The molecule has 0 saturated carbocycles. The van der Waals surface area contributed by atoms with Crippen LogP contribution in [0.25, 0.3) is 0 Å². The monoisotopic (exact) mass is 697 g/mol. The molecule has 2 N–H and O–H groups in total. The standard InChI is InChI=1S/C28H38N4.Au.2ClH/c1-20-15-22(3)27(23(4)16-20)30-11-13-32(19-26-9-7-8-10-29-26)14-12-31-28-24(5)17-21(2)18-25(28)6;;;/h7-10,15-18,30-31H,11-14,19H2,1-6H3;;2*1H/p-2. The molecule has 0 unspecified atom stereocenters. The Labute approximate surface area is 240 Å². The molecule has 1 aromatic heterocycles. The molecule has 0 bridgehead atoms. The van der Waals surface area contributed by atoms with E-state index in [1.807, 2.05) is 12.3 Å². The fraction of sp³-hybridized carbons (Fsp3) is 0.393. The second-order valence-electron chi connectivity index (χ2n) is 9.00. The normalized spacial score (nSPS) is 10.1. The van der Waals surface area contributed by atoms with E-state index in [2.05, 4.69) is 98.5 Å². The molecule has 0 saturated heterocycles. The van der Waals surface area contributed by atoms with Crippen LogP contribution < -0.4 is 35.4 Å². The van der Waals surface area contributed by atoms with Crippen molar-refractivity contribution in [3.8, 4) is 0 Å². The van der Waals surface area contributed by atoms with Crippen molar-refractivity contribution >= 4 is 11.4 Å². The molecule has 0 fully saturated rings. The summed E-state index contributed by atoms with van der Waals surface area (Å²) >= 11 is 0. The van der Waals surface area contributed by atoms with Crippen LogP contribution in [0.5, 0.6) is 0 Å². The van der Waals surface area contributed by atoms with Gasteiger partial charge < -0.3 is 35.4 Å². The Morgan fingerprint density at radius 2 is 1.11 bits per heavy atom. The second kappa shape index (κ2) is 16.3. The number of hydrogen-bond donors (Lipinski definition) is 2. The van der Waals surface area contributed by atoms with E-state index < -0.39 is 0 Å². The van der Waals surface area contributed by atoms with Gasteiger partial charge in [0.1, 0.15) is 0 Å². The molecule has 1 radical (unpaired) electrons. The van der Waals surface area contributed by atoms with Gasteiger partial charge in [-0.15, -0.1) is 0 Å². The molecule has 0 atom stereocenters. The van der Waals surface area contributed by atoms with Crippen molar-refractivity contribution in [2.45, 2.75) is 48.1 Å². The van der Waals surface area contributed by atoms with Crippen molar-refractivity contribution in [3.05, 3.63) is 87.7 Å². The first kappa shape index (κ1) is 33.5. The average molecular weight is 699 g/mol. The molecule has 4 nitrogen and oxygen atoms in total. The maximum Gasteiger partial charge on any atom is 0.0543 e. The second-order valence-corrected chi connectivity index (χ2v) is 9.00. The molecule has 1 heterocycles. The summed E-state index contributed by atoms with van der Waals surface area (Å²) in [5, 5.41) is 7.35. The number of hydrogen-bond acceptors (Lipinski definition) is 4. The molecule has 0 spiro atoms. The Hall–Kier alpha value is -1.53. The van der Waals surface area contributed by atoms with Gasteiger partial charge in [-0.3, -0.25) is 9.88 Å². The van der Waals surface area contributed by atoms with Crippen molar-refractivity contribution in [2.75, 3.05) is 36.8 Å². The van der Waals surface area contributed by atoms with Gasteiger partial charge in [-0.2, -0.15) is 0 Å². The summed E-state index contributed by atoms with van der Waals surface area (Å²) in [5.74, 6) is 0. The minimum absolute atomic E-state index is 0. The van der Waals surface area contributed by atoms with Crippen LogP contribution in [-0.2, 0) is 28.9 Å². The van der Waals surface area contributed by atoms with Crippen LogP contribution in [0.3, 0.4) is 0 Å². The van der Waals surface area contributed by atoms with E-state index in [9.17, 15) is 0 Å². The Balaban J connectivity index is 0.00000385. The Morgan fingerprint density at radius 1 is 0.686 bits per heavy atom. The summed E-state index contributed by atoms with van der Waals surface area (Å²) in [5.41, 5.74) is 11.5. The van der Waals surface area contributed by atoms with Crippen LogP contribution in [0.1, 0.15) is 39.1 Å². The Kier molecular flexibility index (Phi) is 15.6. The van der Waals surface area contributed by atoms with Crippen LogP contribution >= 0.6 is 0 Å². The van der Waals surface area contributed by atoms with E-state index in [1.54, 1.807) is 0 Å². The fourth-order valence-electron chi connectivity index (χ4n) is 4.59. The van der Waals surface area contributed by atoms with Gasteiger partial charge in [0.25, 0.3) is 0 Å². The van der Waals surface area contributed by atoms with Gasteiger partial charge in [0.15, 0.2) is 0 Å². The van der Waals surface area contributed by atoms with E-state index >= 15 is 0 Å². The van der Waals surface area contributed by atoms with Crippen LogP contribution in [0.15, 0.2) is 48.7 Å². The van der Waals surface area contributed by atoms with Crippen LogP contribution in [0.4, 0.5) is 11.4 Å². The minimum Gasteiger partial charge on any atom is -1.00 e. The van der Waals surface area contributed by atoms with Crippen molar-refractivity contribution in [1.29, 1.82) is 0 Å². The first-order valence-electron chi connectivity index (χ1n) is 11.6. The number of benzene rings is 2. The Bertz CT molecular complexity index is 935. The average Bonchev–Trinajstić information content (AvgIpc) is 2.72. The zero-order valence-electron chi connectivity index (χ0n) is 21.6. The van der Waals surface area contributed by atoms with E-state index in [-0.39, 0.29) is 47.2 Å². The Morgan fingerprint density at radius 3 is 1.49 bits per heavy atom. The first-order valence-corrected chi connectivity index (χ1v) is 11.6. The third-order valence-corrected chi connectivity index (χ3v) is 5.93. The molecule has 0 aliphatic heterocycles. The van der Waals surface area contributed by atoms with Gasteiger partial charge in [0.2, 0.25) is 0 Å². The number of aryl methyl sites for hydroxylation is 6. The first-order chi connectivity index (χ1) is 15.3. The molecule has 35 heavy (non-hydrogen) atoms. The molecule has 3 rings (SSSR count). The topological polar surface area (TPSA) is 40.2 Å². The zero-order valence-corrected chi connectivity index (χ0v) is 25.3. The van der Waals surface area contributed by atoms with Gasteiger partial charge in [-0.1, -0.05) is 41.5 Å². The number of nitrogens with one attached hydrogen (secondary N) is 2. The summed E-state index contributed by atoms with van der Waals surface area (Å²) < 4.78 is 0. The van der Waals surface area contributed by atoms with Gasteiger partial charge in [-0.25, -0.2) is 0 Å². The van der Waals surface area contributed by atoms with E-state index in [4.69, 9.17) is 0 Å². The van der Waals surface area contributed by atoms with Crippen LogP contribution in [-0.4, -0.2) is 36.1 Å². The maximum atomic E-state index is 4.54. The van der Waals surface area contributed by atoms with Crippen molar-refractivity contribution in [3.63, 3.8) is 0 Å². The molecular formula is C28H38AuCl2N4-2. The quantitative estimate of drug-likeness (QED) is 0.292. The van der Waals surface area contributed by atoms with Gasteiger partial charge >= 0.3 is 0 Å². The van der Waals surface area contributed by atoms with Gasteiger partial charge in [0, 0.05) is 72.7 Å². The number of rotatable bonds is 10. The maximum absolute atomic E-state index is 4.54. The van der Waals surface area contributed by atoms with Crippen LogP contribution in [0.2, 0.25) is 0 Å². The number of halogens is 2. The van der Waals surface area contributed by atoms with Gasteiger partial charge in [-0.05, 0) is 75.9 Å². The predicted octanol–water partition coefficient (Wildman–Crippen LogP) is -0.0362. The summed E-state index contributed by atoms with van der Waals surface area (Å²) in [6.07, 6.45) is 1.88. The molecule has 2 aromatic carbocycles. The third kappa shape index (κ3) is 10.2. The SMILES string of the molecule is Cc1cc(C)c(NCCN(CCNc2c(C)cc(C)cc2C)Cc2ccccn2)c(C)c1.[Au].[Cl-].[Cl-]. The van der Waals surface area contributed by atoms with Gasteiger partial charge in [0.05, 0.1) is 5.69 Å². The van der Waals surface area contributed by atoms with E-state index in [0.29, 0.717) is 0 Å². The third-order valence-electron chi connectivity index (χ3n) is 5.93. The largest absolute Gasteiger partial charge is 1.00 e. The summed E-state index contributed by atoms with van der Waals surface area (Å²) in [4.78, 5) is 7.02. The number of nitrogens with zero attached hydrogens (tertiary/aromatic N) is 2.